The van der Waals surface area contributed by atoms with Crippen LogP contribution in [-0.2, 0) is 4.79 Å². The van der Waals surface area contributed by atoms with Gasteiger partial charge in [-0.25, -0.2) is 4.79 Å². The Morgan fingerprint density at radius 1 is 1.00 bits per heavy atom. The number of hydrogen-bond acceptors (Lipinski definition) is 4. The number of carbonyl (C=O) groups is 2. The van der Waals surface area contributed by atoms with Gasteiger partial charge in [-0.3, -0.25) is 10.1 Å². The van der Waals surface area contributed by atoms with Crippen molar-refractivity contribution in [3.8, 4) is 11.5 Å². The molecular weight excluding hydrogens is 284 g/mol. The molecule has 1 fully saturated rings. The van der Waals surface area contributed by atoms with E-state index in [4.69, 9.17) is 4.74 Å². The van der Waals surface area contributed by atoms with Gasteiger partial charge in [-0.1, -0.05) is 30.3 Å². The first-order chi connectivity index (χ1) is 10.6. The minimum atomic E-state index is -1.15. The third-order valence-corrected chi connectivity index (χ3v) is 3.30. The van der Waals surface area contributed by atoms with Gasteiger partial charge in [-0.2, -0.15) is 0 Å². The average Bonchev–Trinajstić information content (AvgIpc) is 2.86. The number of urea groups is 1. The van der Waals surface area contributed by atoms with Gasteiger partial charge in [0, 0.05) is 0 Å². The summed E-state index contributed by atoms with van der Waals surface area (Å²) in [7, 11) is 0. The molecule has 0 saturated carbocycles. The molecule has 0 aromatic heterocycles. The maximum Gasteiger partial charge on any atom is 0.322 e. The summed E-state index contributed by atoms with van der Waals surface area (Å²) in [4.78, 5) is 22.7. The minimum absolute atomic E-state index is 0.482. The van der Waals surface area contributed by atoms with Gasteiger partial charge in [0.2, 0.25) is 0 Å². The van der Waals surface area contributed by atoms with Crippen molar-refractivity contribution in [1.29, 1.82) is 0 Å². The maximum atomic E-state index is 11.6. The van der Waals surface area contributed by atoms with Crippen LogP contribution in [0.5, 0.6) is 11.5 Å². The second-order valence-corrected chi connectivity index (χ2v) is 4.87. The van der Waals surface area contributed by atoms with E-state index in [1.165, 1.54) is 0 Å². The predicted octanol–water partition coefficient (Wildman–Crippen LogP) is 1.72. The highest BCUT2D eigenvalue weighted by atomic mass is 16.5. The topological polar surface area (TPSA) is 87.7 Å². The number of rotatable bonds is 4. The van der Waals surface area contributed by atoms with Gasteiger partial charge in [0.1, 0.15) is 23.6 Å². The average molecular weight is 298 g/mol. The Labute approximate surface area is 126 Å². The van der Waals surface area contributed by atoms with Gasteiger partial charge in [0.25, 0.3) is 5.91 Å². The minimum Gasteiger partial charge on any atom is -0.457 e. The Balaban J connectivity index is 1.79. The van der Waals surface area contributed by atoms with Crippen LogP contribution in [0.2, 0.25) is 0 Å². The number of aliphatic hydroxyl groups is 1. The summed E-state index contributed by atoms with van der Waals surface area (Å²) in [6, 6.07) is 14.4. The fourth-order valence-electron chi connectivity index (χ4n) is 2.23. The molecule has 3 rings (SSSR count). The maximum absolute atomic E-state index is 11.6. The Hall–Kier alpha value is -2.86. The molecule has 0 aliphatic carbocycles. The zero-order chi connectivity index (χ0) is 15.5. The van der Waals surface area contributed by atoms with E-state index in [1.807, 2.05) is 30.3 Å². The van der Waals surface area contributed by atoms with Crippen molar-refractivity contribution in [3.63, 3.8) is 0 Å². The van der Waals surface area contributed by atoms with Crippen LogP contribution in [0.15, 0.2) is 54.6 Å². The molecule has 1 saturated heterocycles. The van der Waals surface area contributed by atoms with E-state index < -0.39 is 24.1 Å². The van der Waals surface area contributed by atoms with Crippen molar-refractivity contribution in [1.82, 2.24) is 10.6 Å². The van der Waals surface area contributed by atoms with Gasteiger partial charge in [0.15, 0.2) is 0 Å². The molecule has 22 heavy (non-hydrogen) atoms. The van der Waals surface area contributed by atoms with Crippen LogP contribution in [0.1, 0.15) is 11.7 Å². The number of nitrogens with one attached hydrogen (secondary N) is 2. The molecule has 0 radical (unpaired) electrons. The molecule has 6 heteroatoms. The van der Waals surface area contributed by atoms with Crippen molar-refractivity contribution in [2.75, 3.05) is 0 Å². The number of carbonyl (C=O) groups excluding carboxylic acids is 2. The van der Waals surface area contributed by atoms with Crippen molar-refractivity contribution in [2.45, 2.75) is 12.1 Å². The molecular formula is C16H14N2O4. The molecule has 1 aliphatic rings. The van der Waals surface area contributed by atoms with Gasteiger partial charge >= 0.3 is 6.03 Å². The van der Waals surface area contributed by atoms with Crippen LogP contribution in [0.25, 0.3) is 0 Å². The fourth-order valence-corrected chi connectivity index (χ4v) is 2.23. The second kappa shape index (κ2) is 5.87. The molecule has 1 aliphatic heterocycles. The van der Waals surface area contributed by atoms with Crippen molar-refractivity contribution < 1.29 is 19.4 Å². The number of amides is 3. The summed E-state index contributed by atoms with van der Waals surface area (Å²) in [6.07, 6.45) is -1.15. The Kier molecular flexibility index (Phi) is 3.76. The second-order valence-electron chi connectivity index (χ2n) is 4.87. The smallest absolute Gasteiger partial charge is 0.322 e. The zero-order valence-electron chi connectivity index (χ0n) is 11.5. The number of benzene rings is 2. The largest absolute Gasteiger partial charge is 0.457 e. The van der Waals surface area contributed by atoms with Gasteiger partial charge in [0.05, 0.1) is 0 Å². The standard InChI is InChI=1S/C16H14N2O4/c19-14(13-15(20)18-16(21)17-13)10-5-4-8-12(9-10)22-11-6-2-1-3-7-11/h1-9,13-14,19H,(H2,17,18,20,21). The third-order valence-electron chi connectivity index (χ3n) is 3.30. The van der Waals surface area contributed by atoms with Gasteiger partial charge < -0.3 is 15.2 Å². The highest BCUT2D eigenvalue weighted by molar-refractivity contribution is 6.04. The lowest BCUT2D eigenvalue weighted by Crippen LogP contribution is -2.35. The lowest BCUT2D eigenvalue weighted by molar-refractivity contribution is -0.122. The van der Waals surface area contributed by atoms with Crippen LogP contribution in [0, 0.1) is 0 Å². The van der Waals surface area contributed by atoms with E-state index >= 15 is 0 Å². The molecule has 0 bridgehead atoms. The number of hydrogen-bond donors (Lipinski definition) is 3. The van der Waals surface area contributed by atoms with Gasteiger partial charge in [-0.05, 0) is 29.8 Å². The van der Waals surface area contributed by atoms with Crippen LogP contribution < -0.4 is 15.4 Å². The van der Waals surface area contributed by atoms with E-state index in [9.17, 15) is 14.7 Å². The predicted molar refractivity (Wildman–Crippen MR) is 78.4 cm³/mol. The van der Waals surface area contributed by atoms with Crippen LogP contribution in [0.3, 0.4) is 0 Å². The molecule has 2 aromatic carbocycles. The Morgan fingerprint density at radius 3 is 2.41 bits per heavy atom. The van der Waals surface area contributed by atoms with Gasteiger partial charge in [-0.15, -0.1) is 0 Å². The quantitative estimate of drug-likeness (QED) is 0.750. The number of imide groups is 1. The molecule has 112 valence electrons. The lowest BCUT2D eigenvalue weighted by Gasteiger charge is -2.16. The fraction of sp³-hybridized carbons (Fsp3) is 0.125. The van der Waals surface area contributed by atoms with E-state index in [2.05, 4.69) is 10.6 Å². The summed E-state index contributed by atoms with van der Waals surface area (Å²) in [5.74, 6) is 0.653. The van der Waals surface area contributed by atoms with Crippen LogP contribution in [0.4, 0.5) is 4.79 Å². The first-order valence-corrected chi connectivity index (χ1v) is 6.76. The monoisotopic (exact) mass is 298 g/mol. The molecule has 2 unspecified atom stereocenters. The van der Waals surface area contributed by atoms with Crippen molar-refractivity contribution in [3.05, 3.63) is 60.2 Å². The molecule has 2 atom stereocenters. The molecule has 3 amide bonds. The normalized spacial score (nSPS) is 18.5. The van der Waals surface area contributed by atoms with Crippen LogP contribution >= 0.6 is 0 Å². The molecule has 0 spiro atoms. The molecule has 6 nitrogen and oxygen atoms in total. The van der Waals surface area contributed by atoms with Crippen molar-refractivity contribution in [2.24, 2.45) is 0 Å². The zero-order valence-corrected chi connectivity index (χ0v) is 11.5. The summed E-state index contributed by atoms with van der Waals surface area (Å²) in [5.41, 5.74) is 0.482. The first-order valence-electron chi connectivity index (χ1n) is 6.76. The number of para-hydroxylation sites is 1. The Morgan fingerprint density at radius 2 is 1.73 bits per heavy atom. The van der Waals surface area contributed by atoms with E-state index in [1.54, 1.807) is 24.3 Å². The van der Waals surface area contributed by atoms with Crippen molar-refractivity contribution >= 4 is 11.9 Å². The molecule has 1 heterocycles. The number of aliphatic hydroxyl groups excluding tert-OH is 1. The first kappa shape index (κ1) is 14.1. The molecule has 2 aromatic rings. The summed E-state index contributed by atoms with van der Waals surface area (Å²) in [6.45, 7) is 0. The number of ether oxygens (including phenoxy) is 1. The lowest BCUT2D eigenvalue weighted by atomic mass is 10.0. The third kappa shape index (κ3) is 2.91. The highest BCUT2D eigenvalue weighted by Crippen LogP contribution is 2.26. The van der Waals surface area contributed by atoms with Crippen LogP contribution in [-0.4, -0.2) is 23.1 Å². The van der Waals surface area contributed by atoms with E-state index in [0.29, 0.717) is 17.1 Å². The van der Waals surface area contributed by atoms with E-state index in [0.717, 1.165) is 0 Å². The summed E-state index contributed by atoms with van der Waals surface area (Å²) < 4.78 is 5.68. The molecule has 3 N–H and O–H groups in total. The Bertz CT molecular complexity index is 702. The highest BCUT2D eigenvalue weighted by Gasteiger charge is 2.36. The van der Waals surface area contributed by atoms with E-state index in [-0.39, 0.29) is 0 Å². The SMILES string of the molecule is O=C1NC(=O)C(C(O)c2cccc(Oc3ccccc3)c2)N1. The summed E-state index contributed by atoms with van der Waals surface area (Å²) >= 11 is 0. The summed E-state index contributed by atoms with van der Waals surface area (Å²) in [5, 5.41) is 14.7.